The molecule has 20 heavy (non-hydrogen) atoms. The van der Waals surface area contributed by atoms with E-state index < -0.39 is 0 Å². The van der Waals surface area contributed by atoms with E-state index in [1.165, 1.54) is 11.1 Å². The van der Waals surface area contributed by atoms with E-state index >= 15 is 0 Å². The van der Waals surface area contributed by atoms with Crippen LogP contribution >= 0.6 is 11.6 Å². The minimum Gasteiger partial charge on any atom is -0.492 e. The Balaban J connectivity index is 2.07. The minimum atomic E-state index is 0.694. The summed E-state index contributed by atoms with van der Waals surface area (Å²) >= 11 is 6.03. The standard InChI is InChI=1S/C17H20ClNO/c1-19(2)10-11-20-17-9-4-3-7-15(17)12-14-6-5-8-16(18)13-14/h3-9,13H,10-12H2,1-2H3. The maximum Gasteiger partial charge on any atom is 0.122 e. The van der Waals surface area contributed by atoms with Gasteiger partial charge in [-0.1, -0.05) is 41.9 Å². The third kappa shape index (κ3) is 4.55. The SMILES string of the molecule is CN(C)CCOc1ccccc1Cc1cccc(Cl)c1. The lowest BCUT2D eigenvalue weighted by Crippen LogP contribution is -2.19. The lowest BCUT2D eigenvalue weighted by molar-refractivity contribution is 0.260. The summed E-state index contributed by atoms with van der Waals surface area (Å²) in [5.41, 5.74) is 2.38. The van der Waals surface area contributed by atoms with Crippen molar-refractivity contribution >= 4 is 11.6 Å². The molecule has 2 rings (SSSR count). The lowest BCUT2D eigenvalue weighted by atomic mass is 10.0. The summed E-state index contributed by atoms with van der Waals surface area (Å²) < 4.78 is 5.88. The highest BCUT2D eigenvalue weighted by atomic mass is 35.5. The molecule has 0 aromatic heterocycles. The van der Waals surface area contributed by atoms with E-state index in [1.807, 2.05) is 50.5 Å². The topological polar surface area (TPSA) is 12.5 Å². The Kier molecular flexibility index (Phi) is 5.45. The molecule has 0 spiro atoms. The van der Waals surface area contributed by atoms with Crippen LogP contribution in [0.15, 0.2) is 48.5 Å². The van der Waals surface area contributed by atoms with Crippen molar-refractivity contribution in [3.63, 3.8) is 0 Å². The molecule has 3 heteroatoms. The number of likely N-dealkylation sites (N-methyl/N-ethyl adjacent to an activating group) is 1. The Morgan fingerprint density at radius 2 is 1.85 bits per heavy atom. The van der Waals surface area contributed by atoms with Gasteiger partial charge in [-0.15, -0.1) is 0 Å². The quantitative estimate of drug-likeness (QED) is 0.800. The van der Waals surface area contributed by atoms with Gasteiger partial charge in [-0.05, 0) is 43.4 Å². The van der Waals surface area contributed by atoms with Gasteiger partial charge < -0.3 is 9.64 Å². The van der Waals surface area contributed by atoms with Crippen molar-refractivity contribution in [2.24, 2.45) is 0 Å². The van der Waals surface area contributed by atoms with Crippen LogP contribution < -0.4 is 4.74 Å². The lowest BCUT2D eigenvalue weighted by Gasteiger charge is -2.14. The summed E-state index contributed by atoms with van der Waals surface area (Å²) in [5, 5.41) is 0.772. The molecule has 2 aromatic carbocycles. The molecule has 0 unspecified atom stereocenters. The molecule has 0 saturated carbocycles. The molecular formula is C17H20ClNO. The third-order valence-electron chi connectivity index (χ3n) is 3.05. The Morgan fingerprint density at radius 1 is 1.05 bits per heavy atom. The number of ether oxygens (including phenoxy) is 1. The van der Waals surface area contributed by atoms with Gasteiger partial charge in [0.2, 0.25) is 0 Å². The van der Waals surface area contributed by atoms with Crippen LogP contribution in [0.25, 0.3) is 0 Å². The Labute approximate surface area is 125 Å². The number of halogens is 1. The molecule has 0 radical (unpaired) electrons. The molecule has 0 bridgehead atoms. The monoisotopic (exact) mass is 289 g/mol. The zero-order valence-electron chi connectivity index (χ0n) is 12.0. The molecule has 0 atom stereocenters. The maximum absolute atomic E-state index is 6.03. The first kappa shape index (κ1) is 14.9. The highest BCUT2D eigenvalue weighted by Crippen LogP contribution is 2.22. The Hall–Kier alpha value is -1.51. The van der Waals surface area contributed by atoms with Crippen LogP contribution in [0.1, 0.15) is 11.1 Å². The van der Waals surface area contributed by atoms with Gasteiger partial charge in [-0.3, -0.25) is 0 Å². The molecule has 0 saturated heterocycles. The summed E-state index contributed by atoms with van der Waals surface area (Å²) in [6, 6.07) is 16.1. The van der Waals surface area contributed by atoms with Crippen molar-refractivity contribution in [1.82, 2.24) is 4.90 Å². The second kappa shape index (κ2) is 7.32. The van der Waals surface area contributed by atoms with E-state index in [9.17, 15) is 0 Å². The zero-order valence-corrected chi connectivity index (χ0v) is 12.7. The predicted molar refractivity (Wildman–Crippen MR) is 84.7 cm³/mol. The molecule has 0 fully saturated rings. The molecule has 2 aromatic rings. The molecule has 0 amide bonds. The fourth-order valence-electron chi connectivity index (χ4n) is 2.00. The van der Waals surface area contributed by atoms with Crippen LogP contribution in [0.2, 0.25) is 5.02 Å². The maximum atomic E-state index is 6.03. The Bertz CT molecular complexity index is 554. The van der Waals surface area contributed by atoms with Gasteiger partial charge in [0, 0.05) is 18.0 Å². The summed E-state index contributed by atoms with van der Waals surface area (Å²) in [5.74, 6) is 0.953. The van der Waals surface area contributed by atoms with Crippen molar-refractivity contribution in [2.45, 2.75) is 6.42 Å². The number of benzene rings is 2. The first-order chi connectivity index (χ1) is 9.65. The van der Waals surface area contributed by atoms with E-state index in [0.29, 0.717) is 6.61 Å². The van der Waals surface area contributed by atoms with Gasteiger partial charge in [0.25, 0.3) is 0 Å². The van der Waals surface area contributed by atoms with E-state index in [1.54, 1.807) is 0 Å². The van der Waals surface area contributed by atoms with Crippen molar-refractivity contribution in [3.8, 4) is 5.75 Å². The van der Waals surface area contributed by atoms with E-state index in [4.69, 9.17) is 16.3 Å². The predicted octanol–water partition coefficient (Wildman–Crippen LogP) is 3.87. The van der Waals surface area contributed by atoms with Crippen molar-refractivity contribution in [3.05, 3.63) is 64.7 Å². The van der Waals surface area contributed by atoms with Crippen LogP contribution in [0.5, 0.6) is 5.75 Å². The number of para-hydroxylation sites is 1. The van der Waals surface area contributed by atoms with E-state index in [-0.39, 0.29) is 0 Å². The van der Waals surface area contributed by atoms with Crippen LogP contribution in [0.4, 0.5) is 0 Å². The number of hydrogen-bond donors (Lipinski definition) is 0. The fourth-order valence-corrected chi connectivity index (χ4v) is 2.21. The van der Waals surface area contributed by atoms with E-state index in [0.717, 1.165) is 23.7 Å². The molecule has 0 aliphatic heterocycles. The number of hydrogen-bond acceptors (Lipinski definition) is 2. The molecule has 106 valence electrons. The molecule has 0 aliphatic rings. The molecule has 2 nitrogen and oxygen atoms in total. The highest BCUT2D eigenvalue weighted by Gasteiger charge is 2.05. The Morgan fingerprint density at radius 3 is 2.60 bits per heavy atom. The average Bonchev–Trinajstić information content (AvgIpc) is 2.40. The second-order valence-corrected chi connectivity index (χ2v) is 5.50. The van der Waals surface area contributed by atoms with Gasteiger partial charge in [-0.2, -0.15) is 0 Å². The van der Waals surface area contributed by atoms with Gasteiger partial charge in [-0.25, -0.2) is 0 Å². The summed E-state index contributed by atoms with van der Waals surface area (Å²) in [6.45, 7) is 1.60. The van der Waals surface area contributed by atoms with Crippen LogP contribution in [0, 0.1) is 0 Å². The number of nitrogens with zero attached hydrogens (tertiary/aromatic N) is 1. The summed E-state index contributed by atoms with van der Waals surface area (Å²) in [7, 11) is 4.09. The van der Waals surface area contributed by atoms with Crippen molar-refractivity contribution < 1.29 is 4.74 Å². The largest absolute Gasteiger partial charge is 0.492 e. The zero-order chi connectivity index (χ0) is 14.4. The van der Waals surface area contributed by atoms with Crippen molar-refractivity contribution in [1.29, 1.82) is 0 Å². The summed E-state index contributed by atoms with van der Waals surface area (Å²) in [6.07, 6.45) is 0.832. The number of rotatable bonds is 6. The van der Waals surface area contributed by atoms with E-state index in [2.05, 4.69) is 17.0 Å². The normalized spacial score (nSPS) is 10.8. The highest BCUT2D eigenvalue weighted by molar-refractivity contribution is 6.30. The molecule has 0 aliphatic carbocycles. The summed E-state index contributed by atoms with van der Waals surface area (Å²) in [4.78, 5) is 2.11. The van der Waals surface area contributed by atoms with Crippen LogP contribution in [0.3, 0.4) is 0 Å². The molecule has 0 N–H and O–H groups in total. The van der Waals surface area contributed by atoms with Gasteiger partial charge in [0.1, 0.15) is 12.4 Å². The van der Waals surface area contributed by atoms with Gasteiger partial charge in [0.05, 0.1) is 0 Å². The molecular weight excluding hydrogens is 270 g/mol. The fraction of sp³-hybridized carbons (Fsp3) is 0.294. The van der Waals surface area contributed by atoms with Crippen LogP contribution in [-0.2, 0) is 6.42 Å². The smallest absolute Gasteiger partial charge is 0.122 e. The minimum absolute atomic E-state index is 0.694. The third-order valence-corrected chi connectivity index (χ3v) is 3.29. The molecule has 0 heterocycles. The second-order valence-electron chi connectivity index (χ2n) is 5.07. The average molecular weight is 290 g/mol. The first-order valence-electron chi connectivity index (χ1n) is 6.75. The van der Waals surface area contributed by atoms with Crippen molar-refractivity contribution in [2.75, 3.05) is 27.2 Å². The van der Waals surface area contributed by atoms with Gasteiger partial charge >= 0.3 is 0 Å². The van der Waals surface area contributed by atoms with Crippen LogP contribution in [-0.4, -0.2) is 32.1 Å². The van der Waals surface area contributed by atoms with Gasteiger partial charge in [0.15, 0.2) is 0 Å². The first-order valence-corrected chi connectivity index (χ1v) is 7.13.